The Morgan fingerprint density at radius 1 is 1.32 bits per heavy atom. The second kappa shape index (κ2) is 4.76. The molecule has 5 nitrogen and oxygen atoms in total. The third-order valence-corrected chi connectivity index (χ3v) is 3.33. The molecular formula is C14H16N2O3. The average molecular weight is 260 g/mol. The predicted molar refractivity (Wildman–Crippen MR) is 71.6 cm³/mol. The van der Waals surface area contributed by atoms with E-state index in [0.29, 0.717) is 0 Å². The van der Waals surface area contributed by atoms with Crippen molar-refractivity contribution in [3.63, 3.8) is 0 Å². The minimum absolute atomic E-state index is 0.0466. The van der Waals surface area contributed by atoms with Crippen LogP contribution >= 0.6 is 0 Å². The highest BCUT2D eigenvalue weighted by molar-refractivity contribution is 5.87. The van der Waals surface area contributed by atoms with Gasteiger partial charge in [-0.15, -0.1) is 0 Å². The molecule has 0 saturated carbocycles. The molecule has 1 aromatic heterocycles. The van der Waals surface area contributed by atoms with Crippen LogP contribution in [0.5, 0.6) is 5.75 Å². The van der Waals surface area contributed by atoms with Gasteiger partial charge in [-0.25, -0.2) is 4.79 Å². The van der Waals surface area contributed by atoms with Crippen LogP contribution in [0.25, 0.3) is 11.3 Å². The number of ether oxygens (including phenoxy) is 1. The Kier molecular flexibility index (Phi) is 3.29. The molecule has 5 heteroatoms. The van der Waals surface area contributed by atoms with Crippen LogP contribution in [0.2, 0.25) is 0 Å². The van der Waals surface area contributed by atoms with Crippen molar-refractivity contribution in [2.45, 2.75) is 13.8 Å². The topological polar surface area (TPSA) is 64.3 Å². The Balaban J connectivity index is 2.59. The molecule has 100 valence electrons. The van der Waals surface area contributed by atoms with E-state index in [2.05, 4.69) is 5.10 Å². The van der Waals surface area contributed by atoms with E-state index >= 15 is 0 Å². The maximum atomic E-state index is 11.0. The summed E-state index contributed by atoms with van der Waals surface area (Å²) in [6.07, 6.45) is 0. The van der Waals surface area contributed by atoms with Crippen molar-refractivity contribution in [3.05, 3.63) is 35.0 Å². The summed E-state index contributed by atoms with van der Waals surface area (Å²) in [7, 11) is 3.37. The first kappa shape index (κ1) is 13.1. The second-order valence-electron chi connectivity index (χ2n) is 4.41. The minimum Gasteiger partial charge on any atom is -0.496 e. The first-order valence-corrected chi connectivity index (χ1v) is 5.87. The molecule has 0 bridgehead atoms. The van der Waals surface area contributed by atoms with Crippen molar-refractivity contribution < 1.29 is 14.6 Å². The molecule has 0 fully saturated rings. The Labute approximate surface area is 111 Å². The van der Waals surface area contributed by atoms with E-state index in [1.807, 2.05) is 26.0 Å². The fourth-order valence-electron chi connectivity index (χ4n) is 2.12. The molecule has 0 aliphatic carbocycles. The number of hydrogen-bond donors (Lipinski definition) is 1. The Morgan fingerprint density at radius 2 is 2.00 bits per heavy atom. The number of rotatable bonds is 3. The van der Waals surface area contributed by atoms with Crippen molar-refractivity contribution >= 4 is 5.97 Å². The van der Waals surface area contributed by atoms with Crippen molar-refractivity contribution in [1.29, 1.82) is 0 Å². The van der Waals surface area contributed by atoms with E-state index in [4.69, 9.17) is 9.84 Å². The van der Waals surface area contributed by atoms with Crippen LogP contribution in [0.4, 0.5) is 0 Å². The summed E-state index contributed by atoms with van der Waals surface area (Å²) in [5.41, 5.74) is 3.88. The number of aromatic carboxylic acids is 1. The number of nitrogens with zero attached hydrogens (tertiary/aromatic N) is 2. The van der Waals surface area contributed by atoms with Gasteiger partial charge in [-0.3, -0.25) is 4.68 Å². The van der Waals surface area contributed by atoms with Gasteiger partial charge in [-0.05, 0) is 43.2 Å². The zero-order valence-electron chi connectivity index (χ0n) is 11.4. The molecule has 0 spiro atoms. The summed E-state index contributed by atoms with van der Waals surface area (Å²) < 4.78 is 6.85. The van der Waals surface area contributed by atoms with Gasteiger partial charge in [0.2, 0.25) is 0 Å². The number of methoxy groups -OCH3 is 1. The van der Waals surface area contributed by atoms with Crippen LogP contribution in [0.15, 0.2) is 18.2 Å². The van der Waals surface area contributed by atoms with Crippen molar-refractivity contribution in [2.24, 2.45) is 7.05 Å². The van der Waals surface area contributed by atoms with E-state index in [-0.39, 0.29) is 5.69 Å². The Hall–Kier alpha value is -2.30. The Bertz CT molecular complexity index is 644. The highest BCUT2D eigenvalue weighted by Crippen LogP contribution is 2.31. The third-order valence-electron chi connectivity index (χ3n) is 3.33. The molecule has 2 aromatic rings. The van der Waals surface area contributed by atoms with Crippen LogP contribution in [0.3, 0.4) is 0 Å². The molecule has 0 atom stereocenters. The standard InChI is InChI=1S/C14H16N2O3/c1-8-9(2)13(19-4)6-5-10(8)12-7-11(14(17)18)15-16(12)3/h5-7H,1-4H3,(H,17,18). The van der Waals surface area contributed by atoms with Crippen LogP contribution in [-0.4, -0.2) is 28.0 Å². The number of carboxylic acid groups (broad SMARTS) is 1. The maximum Gasteiger partial charge on any atom is 0.356 e. The van der Waals surface area contributed by atoms with Crippen molar-refractivity contribution in [3.8, 4) is 17.0 Å². The van der Waals surface area contributed by atoms with Crippen LogP contribution in [-0.2, 0) is 7.05 Å². The normalized spacial score (nSPS) is 10.5. The Morgan fingerprint density at radius 3 is 2.53 bits per heavy atom. The van der Waals surface area contributed by atoms with E-state index in [0.717, 1.165) is 28.1 Å². The molecule has 1 N–H and O–H groups in total. The molecule has 0 aliphatic heterocycles. The number of hydrogen-bond acceptors (Lipinski definition) is 3. The molecule has 19 heavy (non-hydrogen) atoms. The quantitative estimate of drug-likeness (QED) is 0.920. The fraction of sp³-hybridized carbons (Fsp3) is 0.286. The first-order chi connectivity index (χ1) is 8.95. The molecule has 1 aromatic carbocycles. The van der Waals surface area contributed by atoms with Crippen LogP contribution in [0, 0.1) is 13.8 Å². The van der Waals surface area contributed by atoms with E-state index in [1.165, 1.54) is 0 Å². The summed E-state index contributed by atoms with van der Waals surface area (Å²) in [5.74, 6) is -0.202. The SMILES string of the molecule is COc1ccc(-c2cc(C(=O)O)nn2C)c(C)c1C. The summed E-state index contributed by atoms with van der Waals surface area (Å²) in [6.45, 7) is 3.97. The fourth-order valence-corrected chi connectivity index (χ4v) is 2.12. The lowest BCUT2D eigenvalue weighted by atomic mass is 10.00. The van der Waals surface area contributed by atoms with E-state index in [1.54, 1.807) is 24.9 Å². The van der Waals surface area contributed by atoms with Crippen molar-refractivity contribution in [1.82, 2.24) is 9.78 Å². The molecule has 0 unspecified atom stereocenters. The minimum atomic E-state index is -1.02. The monoisotopic (exact) mass is 260 g/mol. The largest absolute Gasteiger partial charge is 0.496 e. The van der Waals surface area contributed by atoms with Crippen LogP contribution in [0.1, 0.15) is 21.6 Å². The van der Waals surface area contributed by atoms with E-state index in [9.17, 15) is 4.79 Å². The highest BCUT2D eigenvalue weighted by Gasteiger charge is 2.15. The molecule has 0 aliphatic rings. The lowest BCUT2D eigenvalue weighted by Crippen LogP contribution is -2.00. The van der Waals surface area contributed by atoms with Gasteiger partial charge in [0.25, 0.3) is 0 Å². The molecule has 2 rings (SSSR count). The zero-order chi connectivity index (χ0) is 14.2. The molecular weight excluding hydrogens is 244 g/mol. The average Bonchev–Trinajstić information content (AvgIpc) is 2.75. The zero-order valence-corrected chi connectivity index (χ0v) is 11.4. The lowest BCUT2D eigenvalue weighted by Gasteiger charge is -2.12. The molecule has 1 heterocycles. The summed E-state index contributed by atoms with van der Waals surface area (Å²) in [5, 5.41) is 13.0. The third kappa shape index (κ3) is 2.19. The molecule has 0 saturated heterocycles. The number of aryl methyl sites for hydroxylation is 1. The van der Waals surface area contributed by atoms with Gasteiger partial charge >= 0.3 is 5.97 Å². The summed E-state index contributed by atoms with van der Waals surface area (Å²) >= 11 is 0. The van der Waals surface area contributed by atoms with Gasteiger partial charge in [0, 0.05) is 12.6 Å². The number of carbonyl (C=O) groups is 1. The number of carboxylic acids is 1. The molecule has 0 amide bonds. The van der Waals surface area contributed by atoms with Gasteiger partial charge < -0.3 is 9.84 Å². The first-order valence-electron chi connectivity index (χ1n) is 5.87. The number of aromatic nitrogens is 2. The smallest absolute Gasteiger partial charge is 0.356 e. The van der Waals surface area contributed by atoms with Gasteiger partial charge in [0.15, 0.2) is 5.69 Å². The maximum absolute atomic E-state index is 11.0. The van der Waals surface area contributed by atoms with Gasteiger partial charge in [0.1, 0.15) is 5.75 Å². The lowest BCUT2D eigenvalue weighted by molar-refractivity contribution is 0.0689. The van der Waals surface area contributed by atoms with Gasteiger partial charge in [-0.2, -0.15) is 5.10 Å². The number of benzene rings is 1. The van der Waals surface area contributed by atoms with Crippen molar-refractivity contribution in [2.75, 3.05) is 7.11 Å². The van der Waals surface area contributed by atoms with E-state index < -0.39 is 5.97 Å². The summed E-state index contributed by atoms with van der Waals surface area (Å²) in [6, 6.07) is 5.38. The van der Waals surface area contributed by atoms with Gasteiger partial charge in [0.05, 0.1) is 12.8 Å². The summed E-state index contributed by atoms with van der Waals surface area (Å²) in [4.78, 5) is 11.0. The molecule has 0 radical (unpaired) electrons. The predicted octanol–water partition coefficient (Wildman–Crippen LogP) is 2.41. The highest BCUT2D eigenvalue weighted by atomic mass is 16.5. The second-order valence-corrected chi connectivity index (χ2v) is 4.41. The van der Waals surface area contributed by atoms with Crippen LogP contribution < -0.4 is 4.74 Å². The van der Waals surface area contributed by atoms with Gasteiger partial charge in [-0.1, -0.05) is 0 Å².